The van der Waals surface area contributed by atoms with Crippen LogP contribution in [0.4, 0.5) is 5.82 Å². The number of unbranched alkanes of at least 4 members (excludes halogenated alkanes) is 1. The van der Waals surface area contributed by atoms with Gasteiger partial charge in [-0.1, -0.05) is 12.1 Å². The molecule has 0 radical (unpaired) electrons. The number of aromatic nitrogens is 3. The summed E-state index contributed by atoms with van der Waals surface area (Å²) in [6, 6.07) is 6.19. The van der Waals surface area contributed by atoms with E-state index in [9.17, 15) is 0 Å². The highest BCUT2D eigenvalue weighted by molar-refractivity contribution is 6.17. The molecule has 5 heteroatoms. The first-order valence-corrected chi connectivity index (χ1v) is 7.30. The maximum Gasteiger partial charge on any atom is 0.152 e. The third kappa shape index (κ3) is 2.20. The summed E-state index contributed by atoms with van der Waals surface area (Å²) in [6.07, 6.45) is 5.12. The van der Waals surface area contributed by atoms with E-state index in [0.717, 1.165) is 35.7 Å². The summed E-state index contributed by atoms with van der Waals surface area (Å²) in [5.74, 6) is 1.20. The topological polar surface area (TPSA) is 56.7 Å². The van der Waals surface area contributed by atoms with Gasteiger partial charge in [0.05, 0.1) is 5.52 Å². The standard InChI is InChI=1S/C15H17ClN4/c1-20-9-11-13-10(5-2-3-8-16)6-4-7-12(13)18-15(17)14(11)19-20/h4,6-7,9H,2-3,5,8H2,1H3,(H2,17,18). The number of hydrogen-bond donors (Lipinski definition) is 1. The first-order valence-electron chi connectivity index (χ1n) is 6.77. The SMILES string of the molecule is Cn1cc2c(n1)c(N)nc1cccc(CCCCCl)c12. The zero-order valence-corrected chi connectivity index (χ0v) is 12.2. The highest BCUT2D eigenvalue weighted by Crippen LogP contribution is 2.30. The second kappa shape index (κ2) is 5.29. The first-order chi connectivity index (χ1) is 9.70. The minimum atomic E-state index is 0.492. The molecule has 0 bridgehead atoms. The number of pyridine rings is 1. The number of benzene rings is 1. The zero-order chi connectivity index (χ0) is 14.1. The Hall–Kier alpha value is -1.81. The maximum absolute atomic E-state index is 6.00. The normalized spacial score (nSPS) is 11.5. The average Bonchev–Trinajstić information content (AvgIpc) is 2.81. The molecule has 0 fully saturated rings. The molecule has 20 heavy (non-hydrogen) atoms. The molecular weight excluding hydrogens is 272 g/mol. The van der Waals surface area contributed by atoms with E-state index in [0.29, 0.717) is 11.7 Å². The number of aryl methyl sites for hydroxylation is 2. The number of rotatable bonds is 4. The lowest BCUT2D eigenvalue weighted by Gasteiger charge is -2.07. The van der Waals surface area contributed by atoms with Crippen molar-refractivity contribution in [3.8, 4) is 0 Å². The van der Waals surface area contributed by atoms with Crippen LogP contribution in [0.25, 0.3) is 21.8 Å². The molecule has 0 atom stereocenters. The largest absolute Gasteiger partial charge is 0.382 e. The molecule has 1 aromatic carbocycles. The van der Waals surface area contributed by atoms with Gasteiger partial charge in [-0.25, -0.2) is 4.98 Å². The molecule has 0 saturated heterocycles. The lowest BCUT2D eigenvalue weighted by Crippen LogP contribution is -1.96. The summed E-state index contributed by atoms with van der Waals surface area (Å²) in [5.41, 5.74) is 9.01. The summed E-state index contributed by atoms with van der Waals surface area (Å²) in [4.78, 5) is 4.48. The van der Waals surface area contributed by atoms with Crippen LogP contribution < -0.4 is 5.73 Å². The molecule has 0 saturated carbocycles. The molecule has 0 amide bonds. The molecule has 4 nitrogen and oxygen atoms in total. The third-order valence-electron chi connectivity index (χ3n) is 3.54. The van der Waals surface area contributed by atoms with Gasteiger partial charge in [-0.3, -0.25) is 4.68 Å². The molecule has 2 aromatic heterocycles. The van der Waals surface area contributed by atoms with Crippen LogP contribution in [-0.4, -0.2) is 20.6 Å². The van der Waals surface area contributed by atoms with Gasteiger partial charge in [-0.15, -0.1) is 11.6 Å². The highest BCUT2D eigenvalue weighted by Gasteiger charge is 2.12. The molecule has 3 rings (SSSR count). The number of nitrogens with two attached hydrogens (primary N) is 1. The highest BCUT2D eigenvalue weighted by atomic mass is 35.5. The van der Waals surface area contributed by atoms with Crippen LogP contribution in [0.5, 0.6) is 0 Å². The molecule has 0 spiro atoms. The van der Waals surface area contributed by atoms with Crippen LogP contribution in [0.1, 0.15) is 18.4 Å². The van der Waals surface area contributed by atoms with Gasteiger partial charge in [0.25, 0.3) is 0 Å². The summed E-state index contributed by atoms with van der Waals surface area (Å²) >= 11 is 5.76. The van der Waals surface area contributed by atoms with Crippen LogP contribution >= 0.6 is 11.6 Å². The van der Waals surface area contributed by atoms with E-state index in [2.05, 4.69) is 16.1 Å². The zero-order valence-electron chi connectivity index (χ0n) is 11.4. The first kappa shape index (κ1) is 13.2. The van der Waals surface area contributed by atoms with Crippen LogP contribution in [0, 0.1) is 0 Å². The molecule has 0 aliphatic carbocycles. The predicted octanol–water partition coefficient (Wildman–Crippen LogP) is 3.27. The lowest BCUT2D eigenvalue weighted by molar-refractivity contribution is 0.780. The second-order valence-corrected chi connectivity index (χ2v) is 5.40. The fraction of sp³-hybridized carbons (Fsp3) is 0.333. The minimum Gasteiger partial charge on any atom is -0.382 e. The van der Waals surface area contributed by atoms with E-state index in [1.807, 2.05) is 25.4 Å². The summed E-state index contributed by atoms with van der Waals surface area (Å²) in [5, 5.41) is 6.65. The third-order valence-corrected chi connectivity index (χ3v) is 3.81. The van der Waals surface area contributed by atoms with Gasteiger partial charge in [-0.2, -0.15) is 5.10 Å². The van der Waals surface area contributed by atoms with Crippen molar-refractivity contribution >= 4 is 39.2 Å². The van der Waals surface area contributed by atoms with Crippen molar-refractivity contribution in [2.75, 3.05) is 11.6 Å². The predicted molar refractivity (Wildman–Crippen MR) is 84.1 cm³/mol. The number of hydrogen-bond acceptors (Lipinski definition) is 3. The van der Waals surface area contributed by atoms with Crippen molar-refractivity contribution < 1.29 is 0 Å². The van der Waals surface area contributed by atoms with Crippen LogP contribution in [-0.2, 0) is 13.5 Å². The summed E-state index contributed by atoms with van der Waals surface area (Å²) < 4.78 is 1.79. The van der Waals surface area contributed by atoms with E-state index in [4.69, 9.17) is 17.3 Å². The van der Waals surface area contributed by atoms with Gasteiger partial charge in [-0.05, 0) is 30.9 Å². The van der Waals surface area contributed by atoms with Gasteiger partial charge in [0.2, 0.25) is 0 Å². The maximum atomic E-state index is 6.00. The number of nitrogen functional groups attached to an aromatic ring is 1. The number of nitrogens with zero attached hydrogens (tertiary/aromatic N) is 3. The van der Waals surface area contributed by atoms with Gasteiger partial charge in [0.1, 0.15) is 5.52 Å². The summed E-state index contributed by atoms with van der Waals surface area (Å²) in [7, 11) is 1.90. The Balaban J connectivity index is 2.23. The van der Waals surface area contributed by atoms with Crippen molar-refractivity contribution in [3.63, 3.8) is 0 Å². The van der Waals surface area contributed by atoms with Crippen molar-refractivity contribution in [2.45, 2.75) is 19.3 Å². The fourth-order valence-corrected chi connectivity index (χ4v) is 2.84. The molecule has 3 aromatic rings. The van der Waals surface area contributed by atoms with Crippen molar-refractivity contribution in [2.24, 2.45) is 7.05 Å². The van der Waals surface area contributed by atoms with Crippen molar-refractivity contribution in [1.82, 2.24) is 14.8 Å². The monoisotopic (exact) mass is 288 g/mol. The number of alkyl halides is 1. The smallest absolute Gasteiger partial charge is 0.152 e. The van der Waals surface area contributed by atoms with Gasteiger partial charge in [0.15, 0.2) is 5.82 Å². The quantitative estimate of drug-likeness (QED) is 0.592. The van der Waals surface area contributed by atoms with E-state index >= 15 is 0 Å². The van der Waals surface area contributed by atoms with Gasteiger partial charge in [0, 0.05) is 29.9 Å². The Kier molecular flexibility index (Phi) is 3.49. The van der Waals surface area contributed by atoms with Crippen LogP contribution in [0.2, 0.25) is 0 Å². The molecule has 0 aliphatic heterocycles. The molecule has 2 heterocycles. The number of halogens is 1. The molecular formula is C15H17ClN4. The second-order valence-electron chi connectivity index (χ2n) is 5.02. The molecule has 0 aliphatic rings. The molecule has 0 unspecified atom stereocenters. The van der Waals surface area contributed by atoms with E-state index in [1.54, 1.807) is 4.68 Å². The molecule has 2 N–H and O–H groups in total. The Morgan fingerprint density at radius 2 is 2.15 bits per heavy atom. The summed E-state index contributed by atoms with van der Waals surface area (Å²) in [6.45, 7) is 0. The van der Waals surface area contributed by atoms with E-state index < -0.39 is 0 Å². The Labute approximate surface area is 122 Å². The van der Waals surface area contributed by atoms with Crippen LogP contribution in [0.15, 0.2) is 24.4 Å². The van der Waals surface area contributed by atoms with Crippen molar-refractivity contribution in [1.29, 1.82) is 0 Å². The average molecular weight is 289 g/mol. The number of fused-ring (bicyclic) bond motifs is 3. The fourth-order valence-electron chi connectivity index (χ4n) is 2.65. The Bertz CT molecular complexity index is 763. The van der Waals surface area contributed by atoms with E-state index in [1.165, 1.54) is 10.9 Å². The minimum absolute atomic E-state index is 0.492. The van der Waals surface area contributed by atoms with Crippen molar-refractivity contribution in [3.05, 3.63) is 30.0 Å². The Morgan fingerprint density at radius 3 is 2.95 bits per heavy atom. The van der Waals surface area contributed by atoms with Crippen LogP contribution in [0.3, 0.4) is 0 Å². The lowest BCUT2D eigenvalue weighted by atomic mass is 10.0. The number of anilines is 1. The Morgan fingerprint density at radius 1 is 1.30 bits per heavy atom. The van der Waals surface area contributed by atoms with E-state index in [-0.39, 0.29) is 0 Å². The molecule has 104 valence electrons. The van der Waals surface area contributed by atoms with Gasteiger partial charge >= 0.3 is 0 Å². The van der Waals surface area contributed by atoms with Gasteiger partial charge < -0.3 is 5.73 Å².